The van der Waals surface area contributed by atoms with Crippen LogP contribution in [0.4, 0.5) is 5.69 Å². The van der Waals surface area contributed by atoms with Crippen LogP contribution in [0.5, 0.6) is 5.75 Å². The summed E-state index contributed by atoms with van der Waals surface area (Å²) in [6.07, 6.45) is 3.09. The third-order valence-corrected chi connectivity index (χ3v) is 5.93. The maximum absolute atomic E-state index is 12.9. The average Bonchev–Trinajstić information content (AvgIpc) is 3.34. The van der Waals surface area contributed by atoms with E-state index >= 15 is 0 Å². The highest BCUT2D eigenvalue weighted by Crippen LogP contribution is 2.38. The zero-order valence-electron chi connectivity index (χ0n) is 15.6. The average molecular weight is 456 g/mol. The van der Waals surface area contributed by atoms with Crippen LogP contribution in [0.3, 0.4) is 0 Å². The molecule has 150 valence electrons. The zero-order chi connectivity index (χ0) is 21.3. The van der Waals surface area contributed by atoms with Crippen molar-refractivity contribution in [3.05, 3.63) is 87.7 Å². The molecule has 0 radical (unpaired) electrons. The number of ether oxygens (including phenoxy) is 1. The first kappa shape index (κ1) is 20.4. The number of nitrogens with zero attached hydrogens (tertiary/aromatic N) is 1. The molecule has 3 aromatic rings. The predicted molar refractivity (Wildman–Crippen MR) is 122 cm³/mol. The van der Waals surface area contributed by atoms with Crippen molar-refractivity contribution in [3.63, 3.8) is 0 Å². The summed E-state index contributed by atoms with van der Waals surface area (Å²) in [5.41, 5.74) is 2.41. The van der Waals surface area contributed by atoms with Gasteiger partial charge < -0.3 is 9.15 Å². The van der Waals surface area contributed by atoms with Gasteiger partial charge in [0.15, 0.2) is 4.32 Å². The lowest BCUT2D eigenvalue weighted by Crippen LogP contribution is -2.28. The second-order valence-corrected chi connectivity index (χ2v) is 8.44. The van der Waals surface area contributed by atoms with Crippen LogP contribution in [0.1, 0.15) is 21.7 Å². The third kappa shape index (κ3) is 4.05. The molecule has 0 bridgehead atoms. The molecule has 2 heterocycles. The van der Waals surface area contributed by atoms with Crippen LogP contribution in [0.15, 0.2) is 70.2 Å². The van der Waals surface area contributed by atoms with Crippen molar-refractivity contribution in [2.75, 3.05) is 4.90 Å². The van der Waals surface area contributed by atoms with Crippen molar-refractivity contribution in [1.82, 2.24) is 0 Å². The first-order valence-corrected chi connectivity index (χ1v) is 10.4. The minimum absolute atomic E-state index is 0.0787. The number of thioether (sulfide) groups is 1. The first-order valence-electron chi connectivity index (χ1n) is 8.83. The monoisotopic (exact) mass is 455 g/mol. The van der Waals surface area contributed by atoms with Crippen molar-refractivity contribution in [3.8, 4) is 5.75 Å². The molecule has 0 spiro atoms. The number of anilines is 1. The number of hydrogen-bond acceptors (Lipinski definition) is 6. The number of thiocarbonyl (C=S) groups is 1. The van der Waals surface area contributed by atoms with E-state index in [9.17, 15) is 9.59 Å². The van der Waals surface area contributed by atoms with Gasteiger partial charge in [-0.15, -0.1) is 0 Å². The van der Waals surface area contributed by atoms with E-state index in [1.54, 1.807) is 30.3 Å². The first-order chi connectivity index (χ1) is 14.4. The standard InChI is InChI=1S/C22H14ClNO4S2/c1-13-5-2-3-6-16(13)24-20(25)19(30-22(24)29)12-14-8-9-17(15(23)11-14)28-21(26)18-7-4-10-27-18/h2-12H,1H3/b19-12-. The Balaban J connectivity index is 1.56. The Morgan fingerprint density at radius 3 is 2.70 bits per heavy atom. The number of para-hydroxylation sites is 1. The van der Waals surface area contributed by atoms with Crippen molar-refractivity contribution in [2.24, 2.45) is 0 Å². The molecule has 4 rings (SSSR count). The fourth-order valence-electron chi connectivity index (χ4n) is 2.88. The molecule has 30 heavy (non-hydrogen) atoms. The molecule has 2 aromatic carbocycles. The maximum Gasteiger partial charge on any atom is 0.379 e. The highest BCUT2D eigenvalue weighted by molar-refractivity contribution is 8.27. The summed E-state index contributed by atoms with van der Waals surface area (Å²) in [4.78, 5) is 27.0. The number of esters is 1. The summed E-state index contributed by atoms with van der Waals surface area (Å²) < 4.78 is 10.7. The van der Waals surface area contributed by atoms with E-state index in [0.717, 1.165) is 11.3 Å². The number of furan rings is 1. The Bertz CT molecular complexity index is 1190. The molecule has 1 fully saturated rings. The lowest BCUT2D eigenvalue weighted by Gasteiger charge is -2.16. The summed E-state index contributed by atoms with van der Waals surface area (Å²) in [6.45, 7) is 1.93. The normalized spacial score (nSPS) is 15.1. The van der Waals surface area contributed by atoms with Crippen molar-refractivity contribution < 1.29 is 18.7 Å². The van der Waals surface area contributed by atoms with E-state index in [-0.39, 0.29) is 22.4 Å². The molecular weight excluding hydrogens is 442 g/mol. The van der Waals surface area contributed by atoms with Gasteiger partial charge in [0.25, 0.3) is 5.91 Å². The van der Waals surface area contributed by atoms with Gasteiger partial charge in [0, 0.05) is 0 Å². The highest BCUT2D eigenvalue weighted by Gasteiger charge is 2.34. The van der Waals surface area contributed by atoms with Crippen LogP contribution < -0.4 is 9.64 Å². The second kappa shape index (κ2) is 8.47. The summed E-state index contributed by atoms with van der Waals surface area (Å²) in [6, 6.07) is 15.6. The van der Waals surface area contributed by atoms with Crippen molar-refractivity contribution in [1.29, 1.82) is 0 Å². The van der Waals surface area contributed by atoms with Crippen LogP contribution in [0.25, 0.3) is 6.08 Å². The molecule has 0 N–H and O–H groups in total. The minimum atomic E-state index is -0.645. The van der Waals surface area contributed by atoms with Gasteiger partial charge >= 0.3 is 5.97 Å². The Labute approximate surface area is 187 Å². The summed E-state index contributed by atoms with van der Waals surface area (Å²) in [5, 5.41) is 0.234. The molecule has 0 saturated carbocycles. The van der Waals surface area contributed by atoms with Gasteiger partial charge in [0.05, 0.1) is 21.9 Å². The predicted octanol–water partition coefficient (Wildman–Crippen LogP) is 5.87. The van der Waals surface area contributed by atoms with Crippen LogP contribution in [-0.4, -0.2) is 16.2 Å². The molecule has 1 aliphatic heterocycles. The molecule has 0 aliphatic carbocycles. The largest absolute Gasteiger partial charge is 0.457 e. The Morgan fingerprint density at radius 2 is 2.00 bits per heavy atom. The number of hydrogen-bond donors (Lipinski definition) is 0. The molecule has 8 heteroatoms. The Kier molecular flexibility index (Phi) is 5.76. The minimum Gasteiger partial charge on any atom is -0.457 e. The third-order valence-electron chi connectivity index (χ3n) is 4.33. The quantitative estimate of drug-likeness (QED) is 0.212. The molecule has 0 atom stereocenters. The van der Waals surface area contributed by atoms with Gasteiger partial charge in [-0.2, -0.15) is 0 Å². The molecule has 0 unspecified atom stereocenters. The molecule has 1 aliphatic rings. The van der Waals surface area contributed by atoms with Gasteiger partial charge in [0.1, 0.15) is 5.75 Å². The summed E-state index contributed by atoms with van der Waals surface area (Å²) in [7, 11) is 0. The zero-order valence-corrected chi connectivity index (χ0v) is 18.0. The molecule has 1 amide bonds. The van der Waals surface area contributed by atoms with E-state index < -0.39 is 5.97 Å². The lowest BCUT2D eigenvalue weighted by molar-refractivity contribution is -0.113. The maximum atomic E-state index is 12.9. The number of carbonyl (C=O) groups is 2. The number of aryl methyl sites for hydroxylation is 1. The molecule has 1 saturated heterocycles. The van der Waals surface area contributed by atoms with E-state index in [1.165, 1.54) is 29.0 Å². The fraction of sp³-hybridized carbons (Fsp3) is 0.0455. The van der Waals surface area contributed by atoms with Crippen molar-refractivity contribution in [2.45, 2.75) is 6.92 Å². The van der Waals surface area contributed by atoms with E-state index in [4.69, 9.17) is 33.0 Å². The SMILES string of the molecule is Cc1ccccc1N1C(=O)/C(=C/c2ccc(OC(=O)c3ccco3)c(Cl)c2)SC1=S. The van der Waals surface area contributed by atoms with Crippen LogP contribution in [0, 0.1) is 6.92 Å². The Hall–Kier alpha value is -2.87. The van der Waals surface area contributed by atoms with Gasteiger partial charge in [-0.3, -0.25) is 9.69 Å². The van der Waals surface area contributed by atoms with E-state index in [0.29, 0.717) is 14.8 Å². The second-order valence-electron chi connectivity index (χ2n) is 6.36. The number of halogens is 1. The van der Waals surface area contributed by atoms with Gasteiger partial charge in [-0.25, -0.2) is 4.79 Å². The lowest BCUT2D eigenvalue weighted by atomic mass is 10.1. The molecule has 5 nitrogen and oxygen atoms in total. The number of benzene rings is 2. The van der Waals surface area contributed by atoms with Crippen LogP contribution in [-0.2, 0) is 4.79 Å². The molecular formula is C22H14ClNO4S2. The van der Waals surface area contributed by atoms with Gasteiger partial charge in [-0.05, 0) is 54.5 Å². The molecule has 1 aromatic heterocycles. The van der Waals surface area contributed by atoms with E-state index in [1.807, 2.05) is 31.2 Å². The van der Waals surface area contributed by atoms with Crippen LogP contribution in [0.2, 0.25) is 5.02 Å². The number of amides is 1. The number of carbonyl (C=O) groups excluding carboxylic acids is 2. The van der Waals surface area contributed by atoms with Gasteiger partial charge in [-0.1, -0.05) is 59.8 Å². The number of rotatable bonds is 4. The summed E-state index contributed by atoms with van der Waals surface area (Å²) in [5.74, 6) is -0.560. The van der Waals surface area contributed by atoms with Crippen molar-refractivity contribution >= 4 is 63.5 Å². The topological polar surface area (TPSA) is 59.8 Å². The summed E-state index contributed by atoms with van der Waals surface area (Å²) >= 11 is 12.9. The fourth-order valence-corrected chi connectivity index (χ4v) is 4.39. The van der Waals surface area contributed by atoms with E-state index in [2.05, 4.69) is 0 Å². The Morgan fingerprint density at radius 1 is 1.20 bits per heavy atom. The highest BCUT2D eigenvalue weighted by atomic mass is 35.5. The smallest absolute Gasteiger partial charge is 0.379 e. The van der Waals surface area contributed by atoms with Gasteiger partial charge in [0.2, 0.25) is 5.76 Å². The van der Waals surface area contributed by atoms with Crippen LogP contribution >= 0.6 is 35.6 Å².